The van der Waals surface area contributed by atoms with Crippen LogP contribution in [0.25, 0.3) is 0 Å². The van der Waals surface area contributed by atoms with Crippen molar-refractivity contribution >= 4 is 21.6 Å². The fourth-order valence-corrected chi connectivity index (χ4v) is 2.43. The van der Waals surface area contributed by atoms with Crippen LogP contribution in [0.4, 0.5) is 10.1 Å². The first kappa shape index (κ1) is 15.8. The van der Waals surface area contributed by atoms with Gasteiger partial charge in [-0.1, -0.05) is 38.5 Å². The standard InChI is InChI=1S/C17H19BrFNO/c1-10-5-6-15(11(7-10)17(2,3)4)21-16-9-13(19)12(18)8-14(16)20/h5-9H,20H2,1-4H3. The maximum Gasteiger partial charge on any atom is 0.153 e. The molecule has 2 aromatic carbocycles. The number of rotatable bonds is 2. The van der Waals surface area contributed by atoms with E-state index >= 15 is 0 Å². The Morgan fingerprint density at radius 1 is 1.10 bits per heavy atom. The zero-order chi connectivity index (χ0) is 15.8. The molecule has 0 saturated carbocycles. The molecule has 0 saturated heterocycles. The van der Waals surface area contributed by atoms with Gasteiger partial charge >= 0.3 is 0 Å². The summed E-state index contributed by atoms with van der Waals surface area (Å²) < 4.78 is 19.9. The Hall–Kier alpha value is -1.55. The molecule has 0 amide bonds. The van der Waals surface area contributed by atoms with Gasteiger partial charge in [0.2, 0.25) is 0 Å². The van der Waals surface area contributed by atoms with Gasteiger partial charge in [-0.2, -0.15) is 0 Å². The first-order chi connectivity index (χ1) is 9.68. The lowest BCUT2D eigenvalue weighted by Gasteiger charge is -2.23. The van der Waals surface area contributed by atoms with E-state index in [2.05, 4.69) is 42.8 Å². The van der Waals surface area contributed by atoms with E-state index in [4.69, 9.17) is 10.5 Å². The van der Waals surface area contributed by atoms with Gasteiger partial charge in [0.1, 0.15) is 11.6 Å². The molecule has 0 aliphatic carbocycles. The van der Waals surface area contributed by atoms with E-state index in [1.807, 2.05) is 19.1 Å². The SMILES string of the molecule is Cc1ccc(Oc2cc(F)c(Br)cc2N)c(C(C)(C)C)c1. The van der Waals surface area contributed by atoms with Crippen molar-refractivity contribution in [1.29, 1.82) is 0 Å². The maximum atomic E-state index is 13.7. The highest BCUT2D eigenvalue weighted by Gasteiger charge is 2.20. The predicted molar refractivity (Wildman–Crippen MR) is 88.5 cm³/mol. The molecule has 0 aliphatic heterocycles. The minimum Gasteiger partial charge on any atom is -0.455 e. The molecule has 0 heterocycles. The Kier molecular flexibility index (Phi) is 4.28. The van der Waals surface area contributed by atoms with E-state index in [0.29, 0.717) is 21.7 Å². The van der Waals surface area contributed by atoms with E-state index in [1.54, 1.807) is 0 Å². The quantitative estimate of drug-likeness (QED) is 0.718. The number of ether oxygens (including phenoxy) is 1. The minimum atomic E-state index is -0.399. The summed E-state index contributed by atoms with van der Waals surface area (Å²) in [7, 11) is 0. The van der Waals surface area contributed by atoms with Crippen molar-refractivity contribution < 1.29 is 9.13 Å². The first-order valence-corrected chi connectivity index (χ1v) is 7.51. The molecule has 0 radical (unpaired) electrons. The van der Waals surface area contributed by atoms with Crippen molar-refractivity contribution in [1.82, 2.24) is 0 Å². The summed E-state index contributed by atoms with van der Waals surface area (Å²) in [5, 5.41) is 0. The topological polar surface area (TPSA) is 35.2 Å². The van der Waals surface area contributed by atoms with Crippen molar-refractivity contribution in [2.75, 3.05) is 5.73 Å². The molecule has 112 valence electrons. The number of halogens is 2. The van der Waals surface area contributed by atoms with E-state index in [1.165, 1.54) is 12.1 Å². The molecule has 2 rings (SSSR count). The Morgan fingerprint density at radius 2 is 1.76 bits per heavy atom. The van der Waals surface area contributed by atoms with Crippen molar-refractivity contribution in [2.24, 2.45) is 0 Å². The van der Waals surface area contributed by atoms with Crippen LogP contribution in [0.3, 0.4) is 0 Å². The van der Waals surface area contributed by atoms with Gasteiger partial charge in [0.05, 0.1) is 10.2 Å². The third-order valence-electron chi connectivity index (χ3n) is 3.22. The number of nitrogens with two attached hydrogens (primary N) is 1. The van der Waals surface area contributed by atoms with Gasteiger partial charge in [0.15, 0.2) is 5.75 Å². The van der Waals surface area contributed by atoms with Crippen LogP contribution in [0.5, 0.6) is 11.5 Å². The zero-order valence-corrected chi connectivity index (χ0v) is 14.2. The van der Waals surface area contributed by atoms with Gasteiger partial charge in [0, 0.05) is 11.6 Å². The average molecular weight is 352 g/mol. The number of aryl methyl sites for hydroxylation is 1. The summed E-state index contributed by atoms with van der Waals surface area (Å²) in [5.41, 5.74) is 8.43. The van der Waals surface area contributed by atoms with Crippen molar-refractivity contribution in [2.45, 2.75) is 33.1 Å². The molecule has 0 fully saturated rings. The lowest BCUT2D eigenvalue weighted by atomic mass is 9.85. The van der Waals surface area contributed by atoms with Gasteiger partial charge in [-0.3, -0.25) is 0 Å². The molecular formula is C17H19BrFNO. The van der Waals surface area contributed by atoms with Crippen molar-refractivity contribution in [3.05, 3.63) is 51.7 Å². The van der Waals surface area contributed by atoms with Gasteiger partial charge in [-0.15, -0.1) is 0 Å². The smallest absolute Gasteiger partial charge is 0.153 e. The van der Waals surface area contributed by atoms with Crippen LogP contribution in [-0.4, -0.2) is 0 Å². The number of hydrogen-bond donors (Lipinski definition) is 1. The molecule has 21 heavy (non-hydrogen) atoms. The lowest BCUT2D eigenvalue weighted by molar-refractivity contribution is 0.453. The maximum absolute atomic E-state index is 13.7. The van der Waals surface area contributed by atoms with E-state index in [9.17, 15) is 4.39 Å². The third-order valence-corrected chi connectivity index (χ3v) is 3.82. The Labute approximate surface area is 133 Å². The van der Waals surface area contributed by atoms with Crippen LogP contribution in [0, 0.1) is 12.7 Å². The van der Waals surface area contributed by atoms with Crippen molar-refractivity contribution in [3.63, 3.8) is 0 Å². The normalized spacial score (nSPS) is 11.5. The predicted octanol–water partition coefficient (Wildman–Crippen LogP) is 5.57. The zero-order valence-electron chi connectivity index (χ0n) is 12.6. The monoisotopic (exact) mass is 351 g/mol. The molecule has 0 aliphatic rings. The highest BCUT2D eigenvalue weighted by Crippen LogP contribution is 2.37. The highest BCUT2D eigenvalue weighted by molar-refractivity contribution is 9.10. The first-order valence-electron chi connectivity index (χ1n) is 6.72. The summed E-state index contributed by atoms with van der Waals surface area (Å²) in [6.07, 6.45) is 0. The second kappa shape index (κ2) is 5.68. The number of benzene rings is 2. The van der Waals surface area contributed by atoms with E-state index in [0.717, 1.165) is 11.1 Å². The van der Waals surface area contributed by atoms with E-state index < -0.39 is 5.82 Å². The van der Waals surface area contributed by atoms with Crippen molar-refractivity contribution in [3.8, 4) is 11.5 Å². The molecule has 0 spiro atoms. The van der Waals surface area contributed by atoms with Crippen LogP contribution in [0.1, 0.15) is 31.9 Å². The summed E-state index contributed by atoms with van der Waals surface area (Å²) in [5.74, 6) is 0.621. The summed E-state index contributed by atoms with van der Waals surface area (Å²) >= 11 is 3.11. The molecule has 2 nitrogen and oxygen atoms in total. The molecule has 0 aromatic heterocycles. The largest absolute Gasteiger partial charge is 0.455 e. The fourth-order valence-electron chi connectivity index (χ4n) is 2.07. The van der Waals surface area contributed by atoms with Gasteiger partial charge in [-0.05, 0) is 40.4 Å². The van der Waals surface area contributed by atoms with Crippen LogP contribution < -0.4 is 10.5 Å². The molecular weight excluding hydrogens is 333 g/mol. The van der Waals surface area contributed by atoms with Crippen LogP contribution in [0.15, 0.2) is 34.8 Å². The highest BCUT2D eigenvalue weighted by atomic mass is 79.9. The summed E-state index contributed by atoms with van der Waals surface area (Å²) in [6, 6.07) is 8.76. The molecule has 0 atom stereocenters. The minimum absolute atomic E-state index is 0.0793. The molecule has 4 heteroatoms. The second-order valence-electron chi connectivity index (χ2n) is 6.16. The second-order valence-corrected chi connectivity index (χ2v) is 7.01. The van der Waals surface area contributed by atoms with Gasteiger partial charge in [0.25, 0.3) is 0 Å². The summed E-state index contributed by atoms with van der Waals surface area (Å²) in [4.78, 5) is 0. The third kappa shape index (κ3) is 3.56. The van der Waals surface area contributed by atoms with Gasteiger partial charge < -0.3 is 10.5 Å². The summed E-state index contributed by atoms with van der Waals surface area (Å²) in [6.45, 7) is 8.37. The Morgan fingerprint density at radius 3 is 2.38 bits per heavy atom. The molecule has 2 aromatic rings. The van der Waals surface area contributed by atoms with Crippen LogP contribution in [0.2, 0.25) is 0 Å². The van der Waals surface area contributed by atoms with Crippen LogP contribution >= 0.6 is 15.9 Å². The Bertz CT molecular complexity index is 677. The van der Waals surface area contributed by atoms with Gasteiger partial charge in [-0.25, -0.2) is 4.39 Å². The number of nitrogen functional groups attached to an aromatic ring is 1. The number of hydrogen-bond acceptors (Lipinski definition) is 2. The fraction of sp³-hybridized carbons (Fsp3) is 0.294. The van der Waals surface area contributed by atoms with Crippen LogP contribution in [-0.2, 0) is 5.41 Å². The lowest BCUT2D eigenvalue weighted by Crippen LogP contribution is -2.13. The van der Waals surface area contributed by atoms with E-state index in [-0.39, 0.29) is 5.41 Å². The molecule has 0 bridgehead atoms. The average Bonchev–Trinajstić information content (AvgIpc) is 2.36. The Balaban J connectivity index is 2.47. The number of anilines is 1. The molecule has 0 unspecified atom stereocenters. The molecule has 2 N–H and O–H groups in total.